The van der Waals surface area contributed by atoms with E-state index in [1.54, 1.807) is 0 Å². The van der Waals surface area contributed by atoms with Crippen molar-refractivity contribution < 1.29 is 0 Å². The van der Waals surface area contributed by atoms with Gasteiger partial charge in [-0.3, -0.25) is 0 Å². The van der Waals surface area contributed by atoms with Gasteiger partial charge in [-0.05, 0) is 37.0 Å². The molecule has 0 atom stereocenters. The summed E-state index contributed by atoms with van der Waals surface area (Å²) >= 11 is 0. The minimum absolute atomic E-state index is 0.541. The van der Waals surface area contributed by atoms with Gasteiger partial charge in [0.1, 0.15) is 0 Å². The topological polar surface area (TPSA) is 12.0 Å². The molecule has 13 heavy (non-hydrogen) atoms. The van der Waals surface area contributed by atoms with Crippen LogP contribution in [0.1, 0.15) is 52.4 Å². The largest absolute Gasteiger partial charge is 0.313 e. The monoisotopic (exact) mass is 181 g/mol. The van der Waals surface area contributed by atoms with Crippen molar-refractivity contribution >= 4 is 0 Å². The third kappa shape index (κ3) is 2.46. The summed E-state index contributed by atoms with van der Waals surface area (Å²) in [6.45, 7) is 6.12. The van der Waals surface area contributed by atoms with Crippen molar-refractivity contribution in [1.82, 2.24) is 5.32 Å². The molecule has 0 radical (unpaired) electrons. The van der Waals surface area contributed by atoms with E-state index >= 15 is 0 Å². The van der Waals surface area contributed by atoms with E-state index in [0.29, 0.717) is 5.41 Å². The Morgan fingerprint density at radius 2 is 1.69 bits per heavy atom. The van der Waals surface area contributed by atoms with Crippen molar-refractivity contribution in [3.05, 3.63) is 0 Å². The molecule has 0 bridgehead atoms. The molecule has 2 rings (SSSR count). The average Bonchev–Trinajstić information content (AvgIpc) is 2.74. The molecule has 2 aliphatic carbocycles. The Balaban J connectivity index is 1.78. The molecule has 1 heteroatoms. The quantitative estimate of drug-likeness (QED) is 0.703. The lowest BCUT2D eigenvalue weighted by Crippen LogP contribution is -2.35. The zero-order valence-electron chi connectivity index (χ0n) is 9.10. The van der Waals surface area contributed by atoms with Gasteiger partial charge >= 0.3 is 0 Å². The fourth-order valence-corrected chi connectivity index (χ4v) is 2.55. The summed E-state index contributed by atoms with van der Waals surface area (Å²) < 4.78 is 0. The van der Waals surface area contributed by atoms with Gasteiger partial charge in [-0.25, -0.2) is 0 Å². The first-order chi connectivity index (χ1) is 6.18. The molecule has 0 unspecified atom stereocenters. The van der Waals surface area contributed by atoms with E-state index in [1.165, 1.54) is 45.1 Å². The van der Waals surface area contributed by atoms with Crippen LogP contribution in [0.15, 0.2) is 0 Å². The second-order valence-electron chi connectivity index (χ2n) is 5.63. The van der Waals surface area contributed by atoms with Gasteiger partial charge in [0.2, 0.25) is 0 Å². The molecule has 0 aliphatic heterocycles. The maximum atomic E-state index is 3.67. The second kappa shape index (κ2) is 3.61. The third-order valence-corrected chi connectivity index (χ3v) is 3.88. The summed E-state index contributed by atoms with van der Waals surface area (Å²) in [6, 6.07) is 0.876. The first-order valence-electron chi connectivity index (χ1n) is 5.92. The fraction of sp³-hybridized carbons (Fsp3) is 1.00. The number of rotatable bonds is 4. The molecule has 0 aromatic heterocycles. The van der Waals surface area contributed by atoms with E-state index in [2.05, 4.69) is 19.2 Å². The number of hydrogen-bond donors (Lipinski definition) is 1. The molecule has 0 saturated heterocycles. The van der Waals surface area contributed by atoms with Crippen LogP contribution in [-0.4, -0.2) is 12.6 Å². The highest BCUT2D eigenvalue weighted by Crippen LogP contribution is 2.39. The van der Waals surface area contributed by atoms with Crippen molar-refractivity contribution in [2.45, 2.75) is 58.4 Å². The smallest absolute Gasteiger partial charge is 0.00684 e. The van der Waals surface area contributed by atoms with Gasteiger partial charge in [-0.15, -0.1) is 0 Å². The highest BCUT2D eigenvalue weighted by Gasteiger charge is 2.33. The van der Waals surface area contributed by atoms with Crippen LogP contribution < -0.4 is 5.32 Å². The molecule has 0 aromatic carbocycles. The molecule has 0 amide bonds. The Morgan fingerprint density at radius 3 is 2.23 bits per heavy atom. The molecule has 76 valence electrons. The molecule has 1 N–H and O–H groups in total. The molecule has 2 saturated carbocycles. The highest BCUT2D eigenvalue weighted by molar-refractivity contribution is 4.88. The second-order valence-corrected chi connectivity index (χ2v) is 5.63. The van der Waals surface area contributed by atoms with E-state index in [-0.39, 0.29) is 0 Å². The Bertz CT molecular complexity index is 164. The first-order valence-corrected chi connectivity index (χ1v) is 5.92. The predicted octanol–water partition coefficient (Wildman–Crippen LogP) is 2.95. The van der Waals surface area contributed by atoms with Crippen LogP contribution in [0.5, 0.6) is 0 Å². The Hall–Kier alpha value is -0.0400. The maximum Gasteiger partial charge on any atom is 0.00684 e. The van der Waals surface area contributed by atoms with Gasteiger partial charge in [0.25, 0.3) is 0 Å². The standard InChI is InChI=1S/C12H23N/c1-12(2,9-13-11-7-8-11)10-5-3-4-6-10/h10-11,13H,3-9H2,1-2H3. The van der Waals surface area contributed by atoms with Gasteiger partial charge in [0, 0.05) is 12.6 Å². The van der Waals surface area contributed by atoms with Crippen molar-refractivity contribution in [3.63, 3.8) is 0 Å². The lowest BCUT2D eigenvalue weighted by atomic mass is 9.78. The molecule has 0 heterocycles. The SMILES string of the molecule is CC(C)(CNC1CC1)C1CCCC1. The zero-order chi connectivity index (χ0) is 9.31. The summed E-state index contributed by atoms with van der Waals surface area (Å²) in [6.07, 6.45) is 8.72. The summed E-state index contributed by atoms with van der Waals surface area (Å²) in [5.41, 5.74) is 0.541. The number of hydrogen-bond acceptors (Lipinski definition) is 1. The van der Waals surface area contributed by atoms with Crippen LogP contribution in [0.2, 0.25) is 0 Å². The predicted molar refractivity (Wildman–Crippen MR) is 56.8 cm³/mol. The lowest BCUT2D eigenvalue weighted by molar-refractivity contribution is 0.207. The van der Waals surface area contributed by atoms with Crippen LogP contribution in [0, 0.1) is 11.3 Å². The van der Waals surface area contributed by atoms with Gasteiger partial charge < -0.3 is 5.32 Å². The van der Waals surface area contributed by atoms with Gasteiger partial charge in [0.15, 0.2) is 0 Å². The van der Waals surface area contributed by atoms with E-state index in [1.807, 2.05) is 0 Å². The minimum Gasteiger partial charge on any atom is -0.313 e. The Morgan fingerprint density at radius 1 is 1.08 bits per heavy atom. The van der Waals surface area contributed by atoms with Crippen molar-refractivity contribution in [2.24, 2.45) is 11.3 Å². The fourth-order valence-electron chi connectivity index (χ4n) is 2.55. The molecule has 0 spiro atoms. The van der Waals surface area contributed by atoms with E-state index in [0.717, 1.165) is 12.0 Å². The molecule has 2 aliphatic rings. The first kappa shape index (κ1) is 9.51. The van der Waals surface area contributed by atoms with E-state index in [9.17, 15) is 0 Å². The number of nitrogens with one attached hydrogen (secondary N) is 1. The van der Waals surface area contributed by atoms with Crippen LogP contribution in [0.25, 0.3) is 0 Å². The van der Waals surface area contributed by atoms with Crippen LogP contribution in [0.3, 0.4) is 0 Å². The highest BCUT2D eigenvalue weighted by atomic mass is 15.0. The minimum atomic E-state index is 0.541. The van der Waals surface area contributed by atoms with E-state index < -0.39 is 0 Å². The Labute approximate surface area is 82.3 Å². The summed E-state index contributed by atoms with van der Waals surface area (Å²) in [7, 11) is 0. The van der Waals surface area contributed by atoms with Crippen LogP contribution in [0.4, 0.5) is 0 Å². The van der Waals surface area contributed by atoms with E-state index in [4.69, 9.17) is 0 Å². The maximum absolute atomic E-state index is 3.67. The van der Waals surface area contributed by atoms with Crippen molar-refractivity contribution in [3.8, 4) is 0 Å². The van der Waals surface area contributed by atoms with Gasteiger partial charge in [-0.2, -0.15) is 0 Å². The Kier molecular flexibility index (Phi) is 2.64. The average molecular weight is 181 g/mol. The molecule has 1 nitrogen and oxygen atoms in total. The summed E-state index contributed by atoms with van der Waals surface area (Å²) in [5, 5.41) is 3.67. The molecule has 2 fully saturated rings. The molecular formula is C12H23N. The normalized spacial score (nSPS) is 25.4. The van der Waals surface area contributed by atoms with Crippen molar-refractivity contribution in [2.75, 3.05) is 6.54 Å². The van der Waals surface area contributed by atoms with Gasteiger partial charge in [0.05, 0.1) is 0 Å². The lowest BCUT2D eigenvalue weighted by Gasteiger charge is -2.32. The zero-order valence-corrected chi connectivity index (χ0v) is 9.10. The third-order valence-electron chi connectivity index (χ3n) is 3.88. The molecule has 0 aromatic rings. The van der Waals surface area contributed by atoms with Gasteiger partial charge in [-0.1, -0.05) is 26.7 Å². The van der Waals surface area contributed by atoms with Crippen LogP contribution >= 0.6 is 0 Å². The van der Waals surface area contributed by atoms with Crippen molar-refractivity contribution in [1.29, 1.82) is 0 Å². The van der Waals surface area contributed by atoms with Crippen LogP contribution in [-0.2, 0) is 0 Å². The molecular weight excluding hydrogens is 158 g/mol. The summed E-state index contributed by atoms with van der Waals surface area (Å²) in [5.74, 6) is 0.985. The summed E-state index contributed by atoms with van der Waals surface area (Å²) in [4.78, 5) is 0.